The van der Waals surface area contributed by atoms with Gasteiger partial charge in [-0.25, -0.2) is 8.78 Å². The van der Waals surface area contributed by atoms with Crippen molar-refractivity contribution in [2.24, 2.45) is 5.73 Å². The number of hydrogen-bond donors (Lipinski definition) is 2. The van der Waals surface area contributed by atoms with Crippen molar-refractivity contribution in [2.75, 3.05) is 19.7 Å². The minimum Gasteiger partial charge on any atom is -0.493 e. The van der Waals surface area contributed by atoms with Crippen LogP contribution >= 0.6 is 15.9 Å². The number of carbonyl (C=O) groups is 1. The molecule has 0 aliphatic carbocycles. The Kier molecular flexibility index (Phi) is 6.17. The predicted molar refractivity (Wildman–Crippen MR) is 71.3 cm³/mol. The van der Waals surface area contributed by atoms with E-state index in [2.05, 4.69) is 21.2 Å². The van der Waals surface area contributed by atoms with Crippen molar-refractivity contribution in [3.63, 3.8) is 0 Å². The van der Waals surface area contributed by atoms with E-state index in [1.807, 2.05) is 6.07 Å². The normalized spacial score (nSPS) is 11.2. The van der Waals surface area contributed by atoms with Crippen LogP contribution in [-0.2, 0) is 4.79 Å². The van der Waals surface area contributed by atoms with Crippen molar-refractivity contribution in [3.05, 3.63) is 28.7 Å². The van der Waals surface area contributed by atoms with E-state index in [1.165, 1.54) is 0 Å². The highest BCUT2D eigenvalue weighted by Gasteiger charge is 2.26. The molecule has 0 aliphatic rings. The standard InChI is InChI=1S/C12H15BrF2N2O2/c13-9-2-1-3-10(6-9)19-5-4-11(18)17-8-12(14,15)7-16/h1-3,6H,4-5,7-8,16H2,(H,17,18). The number of nitrogens with one attached hydrogen (secondary N) is 1. The number of benzene rings is 1. The summed E-state index contributed by atoms with van der Waals surface area (Å²) in [5.74, 6) is -2.96. The molecule has 7 heteroatoms. The molecule has 0 aromatic heterocycles. The van der Waals surface area contributed by atoms with Crippen LogP contribution in [0.3, 0.4) is 0 Å². The molecule has 0 spiro atoms. The molecule has 19 heavy (non-hydrogen) atoms. The summed E-state index contributed by atoms with van der Waals surface area (Å²) in [6.07, 6.45) is 0.00711. The van der Waals surface area contributed by atoms with Crippen LogP contribution in [0.4, 0.5) is 8.78 Å². The first kappa shape index (κ1) is 15.8. The quantitative estimate of drug-likeness (QED) is 0.799. The molecule has 0 unspecified atom stereocenters. The predicted octanol–water partition coefficient (Wildman–Crippen LogP) is 1.93. The van der Waals surface area contributed by atoms with E-state index < -0.39 is 24.9 Å². The van der Waals surface area contributed by atoms with Gasteiger partial charge in [-0.1, -0.05) is 22.0 Å². The van der Waals surface area contributed by atoms with Crippen LogP contribution in [0.25, 0.3) is 0 Å². The number of alkyl halides is 2. The summed E-state index contributed by atoms with van der Waals surface area (Å²) in [6.45, 7) is -1.42. The van der Waals surface area contributed by atoms with Crippen LogP contribution in [-0.4, -0.2) is 31.5 Å². The SMILES string of the molecule is NCC(F)(F)CNC(=O)CCOc1cccc(Br)c1. The van der Waals surface area contributed by atoms with Crippen LogP contribution in [0.5, 0.6) is 5.75 Å². The number of carbonyl (C=O) groups excluding carboxylic acids is 1. The van der Waals surface area contributed by atoms with Gasteiger partial charge in [0.05, 0.1) is 26.1 Å². The Morgan fingerprint density at radius 1 is 1.47 bits per heavy atom. The Labute approximate surface area is 118 Å². The largest absolute Gasteiger partial charge is 0.493 e. The summed E-state index contributed by atoms with van der Waals surface area (Å²) >= 11 is 3.28. The first-order valence-electron chi connectivity index (χ1n) is 5.66. The fraction of sp³-hybridized carbons (Fsp3) is 0.417. The minimum absolute atomic E-state index is 0.00711. The fourth-order valence-corrected chi connectivity index (χ4v) is 1.59. The van der Waals surface area contributed by atoms with Gasteiger partial charge in [0.1, 0.15) is 5.75 Å². The third-order valence-corrected chi connectivity index (χ3v) is 2.73. The molecular formula is C12H15BrF2N2O2. The van der Waals surface area contributed by atoms with Crippen molar-refractivity contribution in [3.8, 4) is 5.75 Å². The molecule has 1 rings (SSSR count). The van der Waals surface area contributed by atoms with Crippen LogP contribution in [0.15, 0.2) is 28.7 Å². The summed E-state index contributed by atoms with van der Waals surface area (Å²) < 4.78 is 31.7. The lowest BCUT2D eigenvalue weighted by molar-refractivity contribution is -0.123. The van der Waals surface area contributed by atoms with Gasteiger partial charge in [0.25, 0.3) is 5.92 Å². The highest BCUT2D eigenvalue weighted by molar-refractivity contribution is 9.10. The van der Waals surface area contributed by atoms with Crippen molar-refractivity contribution in [1.82, 2.24) is 5.32 Å². The lowest BCUT2D eigenvalue weighted by atomic mass is 10.3. The molecule has 0 heterocycles. The summed E-state index contributed by atoms with van der Waals surface area (Å²) in [5.41, 5.74) is 4.85. The van der Waals surface area contributed by atoms with Gasteiger partial charge in [-0.3, -0.25) is 4.79 Å². The summed E-state index contributed by atoms with van der Waals surface area (Å²) in [7, 11) is 0. The second-order valence-electron chi connectivity index (χ2n) is 3.89. The lowest BCUT2D eigenvalue weighted by Gasteiger charge is -2.14. The average molecular weight is 337 g/mol. The molecule has 1 aromatic carbocycles. The van der Waals surface area contributed by atoms with Crippen molar-refractivity contribution < 1.29 is 18.3 Å². The number of ether oxygens (including phenoxy) is 1. The van der Waals surface area contributed by atoms with Crippen molar-refractivity contribution in [1.29, 1.82) is 0 Å². The van der Waals surface area contributed by atoms with Crippen molar-refractivity contribution >= 4 is 21.8 Å². The van der Waals surface area contributed by atoms with Gasteiger partial charge in [-0.2, -0.15) is 0 Å². The van der Waals surface area contributed by atoms with Crippen molar-refractivity contribution in [2.45, 2.75) is 12.3 Å². The third-order valence-electron chi connectivity index (χ3n) is 2.24. The number of amides is 1. The van der Waals surface area contributed by atoms with Gasteiger partial charge in [0.15, 0.2) is 0 Å². The van der Waals surface area contributed by atoms with Gasteiger partial charge < -0.3 is 15.8 Å². The highest BCUT2D eigenvalue weighted by Crippen LogP contribution is 2.17. The highest BCUT2D eigenvalue weighted by atomic mass is 79.9. The summed E-state index contributed by atoms with van der Waals surface area (Å²) in [4.78, 5) is 11.3. The smallest absolute Gasteiger partial charge is 0.277 e. The van der Waals surface area contributed by atoms with Gasteiger partial charge in [-0.05, 0) is 18.2 Å². The second kappa shape index (κ2) is 7.40. The first-order valence-corrected chi connectivity index (χ1v) is 6.45. The Morgan fingerprint density at radius 3 is 2.84 bits per heavy atom. The van der Waals surface area contributed by atoms with Gasteiger partial charge in [0.2, 0.25) is 5.91 Å². The molecular weight excluding hydrogens is 322 g/mol. The van der Waals surface area contributed by atoms with E-state index in [0.29, 0.717) is 5.75 Å². The number of hydrogen-bond acceptors (Lipinski definition) is 3. The van der Waals surface area contributed by atoms with Crippen LogP contribution in [0.1, 0.15) is 6.42 Å². The first-order chi connectivity index (χ1) is 8.93. The Morgan fingerprint density at radius 2 is 2.21 bits per heavy atom. The topological polar surface area (TPSA) is 64.3 Å². The molecule has 0 atom stereocenters. The maximum Gasteiger partial charge on any atom is 0.277 e. The molecule has 0 radical (unpaired) electrons. The van der Waals surface area contributed by atoms with Crippen LogP contribution < -0.4 is 15.8 Å². The van der Waals surface area contributed by atoms with E-state index in [0.717, 1.165) is 4.47 Å². The molecule has 1 aromatic rings. The Bertz CT molecular complexity index is 430. The lowest BCUT2D eigenvalue weighted by Crippen LogP contribution is -2.41. The molecule has 0 fully saturated rings. The molecule has 3 N–H and O–H groups in total. The molecule has 4 nitrogen and oxygen atoms in total. The van der Waals surface area contributed by atoms with E-state index >= 15 is 0 Å². The Balaban J connectivity index is 2.24. The van der Waals surface area contributed by atoms with Crippen LogP contribution in [0.2, 0.25) is 0 Å². The second-order valence-corrected chi connectivity index (χ2v) is 4.81. The number of rotatable bonds is 7. The maximum absolute atomic E-state index is 12.8. The number of nitrogens with two attached hydrogens (primary N) is 1. The van der Waals surface area contributed by atoms with Crippen LogP contribution in [0, 0.1) is 0 Å². The van der Waals surface area contributed by atoms with Gasteiger partial charge >= 0.3 is 0 Å². The molecule has 1 amide bonds. The number of halogens is 3. The van der Waals surface area contributed by atoms with Gasteiger partial charge in [-0.15, -0.1) is 0 Å². The zero-order valence-corrected chi connectivity index (χ0v) is 11.8. The maximum atomic E-state index is 12.8. The molecule has 0 saturated carbocycles. The van der Waals surface area contributed by atoms with E-state index in [1.54, 1.807) is 18.2 Å². The summed E-state index contributed by atoms with van der Waals surface area (Å²) in [6, 6.07) is 7.13. The minimum atomic E-state index is -3.07. The van der Waals surface area contributed by atoms with Gasteiger partial charge in [0, 0.05) is 4.47 Å². The zero-order valence-electron chi connectivity index (χ0n) is 10.2. The third kappa shape index (κ3) is 6.49. The van der Waals surface area contributed by atoms with E-state index in [-0.39, 0.29) is 13.0 Å². The zero-order chi connectivity index (χ0) is 14.3. The summed E-state index contributed by atoms with van der Waals surface area (Å²) in [5, 5.41) is 2.11. The molecule has 0 aliphatic heterocycles. The van der Waals surface area contributed by atoms with E-state index in [4.69, 9.17) is 10.5 Å². The molecule has 0 saturated heterocycles. The monoisotopic (exact) mass is 336 g/mol. The molecule has 0 bridgehead atoms. The fourth-order valence-electron chi connectivity index (χ4n) is 1.21. The van der Waals surface area contributed by atoms with E-state index in [9.17, 15) is 13.6 Å². The molecule has 106 valence electrons. The average Bonchev–Trinajstić information content (AvgIpc) is 2.37. The Hall–Kier alpha value is -1.21.